The Balaban J connectivity index is 1.57. The molecule has 0 saturated carbocycles. The molecule has 30 heavy (non-hydrogen) atoms. The molecule has 1 aromatic carbocycles. The van der Waals surface area contributed by atoms with Crippen LogP contribution >= 0.6 is 11.8 Å². The highest BCUT2D eigenvalue weighted by Crippen LogP contribution is 2.49. The first-order valence-electron chi connectivity index (χ1n) is 10.8. The van der Waals surface area contributed by atoms with Crippen molar-refractivity contribution in [1.82, 2.24) is 14.5 Å². The summed E-state index contributed by atoms with van der Waals surface area (Å²) in [5, 5.41) is 1.19. The standard InChI is InChI=1S/C25H28N4S/c1-4-20-16-30-25-27-23(22-12-8-9-13-26-22)24(29(20)25)21-14-17(2)28(18(21)3)15-19-10-6-5-7-11-19/h5-14,20,23-24H,4,15-16H2,1-3H3. The molecule has 0 N–H and O–H groups in total. The topological polar surface area (TPSA) is 33.4 Å². The van der Waals surface area contributed by atoms with Gasteiger partial charge in [-0.1, -0.05) is 55.1 Å². The highest BCUT2D eigenvalue weighted by Gasteiger charge is 2.46. The molecule has 0 spiro atoms. The Morgan fingerprint density at radius 2 is 1.87 bits per heavy atom. The average Bonchev–Trinajstić information content (AvgIpc) is 3.43. The van der Waals surface area contributed by atoms with Crippen molar-refractivity contribution in [3.05, 3.63) is 89.0 Å². The van der Waals surface area contributed by atoms with Crippen molar-refractivity contribution in [3.8, 4) is 0 Å². The van der Waals surface area contributed by atoms with Gasteiger partial charge in [0.2, 0.25) is 0 Å². The van der Waals surface area contributed by atoms with Crippen LogP contribution in [0.15, 0.2) is 65.8 Å². The van der Waals surface area contributed by atoms with E-state index >= 15 is 0 Å². The van der Waals surface area contributed by atoms with Crippen LogP contribution in [0, 0.1) is 13.8 Å². The van der Waals surface area contributed by atoms with Crippen molar-refractivity contribution in [2.24, 2.45) is 4.99 Å². The third-order valence-electron chi connectivity index (χ3n) is 6.44. The second-order valence-electron chi connectivity index (χ2n) is 8.23. The van der Waals surface area contributed by atoms with E-state index in [4.69, 9.17) is 9.98 Å². The molecule has 2 aliphatic heterocycles. The van der Waals surface area contributed by atoms with E-state index in [1.807, 2.05) is 24.0 Å². The molecule has 154 valence electrons. The van der Waals surface area contributed by atoms with Crippen molar-refractivity contribution in [2.75, 3.05) is 5.75 Å². The normalized spacial score (nSPS) is 23.0. The monoisotopic (exact) mass is 416 g/mol. The van der Waals surface area contributed by atoms with Gasteiger partial charge in [-0.05, 0) is 49.6 Å². The van der Waals surface area contributed by atoms with Gasteiger partial charge in [0.15, 0.2) is 5.17 Å². The molecular weight excluding hydrogens is 388 g/mol. The van der Waals surface area contributed by atoms with Crippen molar-refractivity contribution in [2.45, 2.75) is 51.9 Å². The first-order chi connectivity index (χ1) is 14.7. The molecule has 5 rings (SSSR count). The van der Waals surface area contributed by atoms with E-state index in [0.717, 1.165) is 24.4 Å². The van der Waals surface area contributed by atoms with Gasteiger partial charge in [0.1, 0.15) is 6.04 Å². The van der Waals surface area contributed by atoms with E-state index in [0.29, 0.717) is 6.04 Å². The van der Waals surface area contributed by atoms with Crippen LogP contribution in [-0.4, -0.2) is 31.4 Å². The highest BCUT2D eigenvalue weighted by molar-refractivity contribution is 8.14. The van der Waals surface area contributed by atoms with Crippen LogP contribution in [-0.2, 0) is 6.54 Å². The zero-order chi connectivity index (χ0) is 20.7. The third-order valence-corrected chi connectivity index (χ3v) is 7.57. The van der Waals surface area contributed by atoms with Gasteiger partial charge in [-0.2, -0.15) is 0 Å². The second-order valence-corrected chi connectivity index (χ2v) is 9.22. The van der Waals surface area contributed by atoms with Crippen molar-refractivity contribution in [3.63, 3.8) is 0 Å². The summed E-state index contributed by atoms with van der Waals surface area (Å²) >= 11 is 1.90. The van der Waals surface area contributed by atoms with E-state index in [9.17, 15) is 0 Å². The van der Waals surface area contributed by atoms with E-state index in [1.165, 1.54) is 27.7 Å². The van der Waals surface area contributed by atoms with Crippen molar-refractivity contribution < 1.29 is 0 Å². The summed E-state index contributed by atoms with van der Waals surface area (Å²) in [7, 11) is 0. The summed E-state index contributed by atoms with van der Waals surface area (Å²) in [4.78, 5) is 12.4. The van der Waals surface area contributed by atoms with Gasteiger partial charge in [0.25, 0.3) is 0 Å². The molecule has 4 heterocycles. The number of pyridine rings is 1. The fourth-order valence-corrected chi connectivity index (χ4v) is 6.16. The number of aliphatic imine (C=N–C) groups is 1. The Bertz CT molecular complexity index is 1060. The maximum atomic E-state index is 5.17. The molecule has 1 saturated heterocycles. The molecular formula is C25H28N4S. The van der Waals surface area contributed by atoms with E-state index in [2.05, 4.69) is 78.8 Å². The first-order valence-corrected chi connectivity index (χ1v) is 11.8. The third kappa shape index (κ3) is 3.25. The minimum absolute atomic E-state index is 0.0497. The lowest BCUT2D eigenvalue weighted by atomic mass is 9.95. The van der Waals surface area contributed by atoms with Gasteiger partial charge in [-0.15, -0.1) is 0 Å². The molecule has 4 nitrogen and oxygen atoms in total. The number of benzene rings is 1. The SMILES string of the molecule is CCC1CSC2=NC(c3ccccn3)C(c3cc(C)n(Cc4ccccc4)c3C)N21. The number of hydrogen-bond acceptors (Lipinski definition) is 4. The molecule has 2 aromatic heterocycles. The van der Waals surface area contributed by atoms with Gasteiger partial charge in [-0.25, -0.2) is 0 Å². The zero-order valence-corrected chi connectivity index (χ0v) is 18.6. The van der Waals surface area contributed by atoms with Gasteiger partial charge in [0.05, 0.1) is 11.7 Å². The highest BCUT2D eigenvalue weighted by atomic mass is 32.2. The Kier molecular flexibility index (Phi) is 5.15. The summed E-state index contributed by atoms with van der Waals surface area (Å²) in [6, 6.07) is 20.1. The quantitative estimate of drug-likeness (QED) is 0.548. The van der Waals surface area contributed by atoms with E-state index in [1.54, 1.807) is 0 Å². The van der Waals surface area contributed by atoms with Crippen LogP contribution in [0.1, 0.15) is 53.6 Å². The molecule has 0 radical (unpaired) electrons. The number of nitrogens with zero attached hydrogens (tertiary/aromatic N) is 4. The van der Waals surface area contributed by atoms with Crippen LogP contribution in [0.3, 0.4) is 0 Å². The maximum Gasteiger partial charge on any atom is 0.160 e. The fourth-order valence-electron chi connectivity index (χ4n) is 4.82. The van der Waals surface area contributed by atoms with Crippen LogP contribution in [0.5, 0.6) is 0 Å². The average molecular weight is 417 g/mol. The zero-order valence-electron chi connectivity index (χ0n) is 17.8. The van der Waals surface area contributed by atoms with Crippen LogP contribution < -0.4 is 0 Å². The molecule has 3 aromatic rings. The smallest absolute Gasteiger partial charge is 0.160 e. The molecule has 3 atom stereocenters. The molecule has 0 bridgehead atoms. The Morgan fingerprint density at radius 1 is 1.07 bits per heavy atom. The number of aromatic nitrogens is 2. The maximum absolute atomic E-state index is 5.17. The fraction of sp³-hybridized carbons (Fsp3) is 0.360. The number of rotatable bonds is 5. The van der Waals surface area contributed by atoms with Gasteiger partial charge in [0, 0.05) is 35.9 Å². The van der Waals surface area contributed by atoms with Crippen LogP contribution in [0.4, 0.5) is 0 Å². The summed E-state index contributed by atoms with van der Waals surface area (Å²) in [5.74, 6) is 1.13. The first kappa shape index (κ1) is 19.4. The molecule has 5 heteroatoms. The van der Waals surface area contributed by atoms with Gasteiger partial charge >= 0.3 is 0 Å². The lowest BCUT2D eigenvalue weighted by molar-refractivity contribution is 0.254. The lowest BCUT2D eigenvalue weighted by Crippen LogP contribution is -2.35. The van der Waals surface area contributed by atoms with E-state index < -0.39 is 0 Å². The van der Waals surface area contributed by atoms with Crippen LogP contribution in [0.25, 0.3) is 0 Å². The Labute approximate surface area is 183 Å². The molecule has 2 aliphatic rings. The number of hydrogen-bond donors (Lipinski definition) is 0. The molecule has 0 aliphatic carbocycles. The summed E-state index contributed by atoms with van der Waals surface area (Å²) in [6.07, 6.45) is 3.03. The number of fused-ring (bicyclic) bond motifs is 1. The second kappa shape index (κ2) is 7.95. The van der Waals surface area contributed by atoms with Crippen molar-refractivity contribution >= 4 is 16.9 Å². The number of thioether (sulfide) groups is 1. The summed E-state index contributed by atoms with van der Waals surface area (Å²) < 4.78 is 2.45. The molecule has 3 unspecified atom stereocenters. The number of amidine groups is 1. The summed E-state index contributed by atoms with van der Waals surface area (Å²) in [6.45, 7) is 7.68. The number of aryl methyl sites for hydroxylation is 1. The predicted octanol–water partition coefficient (Wildman–Crippen LogP) is 5.53. The largest absolute Gasteiger partial charge is 0.344 e. The Hall–Kier alpha value is -2.53. The van der Waals surface area contributed by atoms with Crippen molar-refractivity contribution in [1.29, 1.82) is 0 Å². The Morgan fingerprint density at radius 3 is 2.60 bits per heavy atom. The van der Waals surface area contributed by atoms with E-state index in [-0.39, 0.29) is 12.1 Å². The minimum atomic E-state index is 0.0497. The minimum Gasteiger partial charge on any atom is -0.344 e. The molecule has 0 amide bonds. The van der Waals surface area contributed by atoms with Gasteiger partial charge < -0.3 is 9.47 Å². The molecule has 1 fully saturated rings. The van der Waals surface area contributed by atoms with Crippen LogP contribution in [0.2, 0.25) is 0 Å². The predicted molar refractivity (Wildman–Crippen MR) is 125 cm³/mol. The summed E-state index contributed by atoms with van der Waals surface area (Å²) in [5.41, 5.74) is 6.43. The lowest BCUT2D eigenvalue weighted by Gasteiger charge is -2.32. The van der Waals surface area contributed by atoms with Gasteiger partial charge in [-0.3, -0.25) is 9.98 Å².